The lowest BCUT2D eigenvalue weighted by Crippen LogP contribution is -1.97. The van der Waals surface area contributed by atoms with Crippen molar-refractivity contribution in [1.29, 1.82) is 0 Å². The molecular weight excluding hydrogens is 216 g/mol. The Balaban J connectivity index is 2.47. The van der Waals surface area contributed by atoms with Gasteiger partial charge in [-0.3, -0.25) is 0 Å². The molecule has 0 bridgehead atoms. The Morgan fingerprint density at radius 1 is 1.50 bits per heavy atom. The van der Waals surface area contributed by atoms with E-state index < -0.39 is 0 Å². The van der Waals surface area contributed by atoms with Crippen molar-refractivity contribution < 1.29 is 5.11 Å². The number of hydrogen-bond acceptors (Lipinski definition) is 2. The summed E-state index contributed by atoms with van der Waals surface area (Å²) < 4.78 is 0. The average molecular weight is 231 g/mol. The number of thioether (sulfide) groups is 1. The first kappa shape index (κ1) is 11.9. The van der Waals surface area contributed by atoms with Gasteiger partial charge >= 0.3 is 0 Å². The van der Waals surface area contributed by atoms with Gasteiger partial charge in [-0.05, 0) is 42.5 Å². The molecule has 1 aromatic rings. The fourth-order valence-electron chi connectivity index (χ4n) is 1.30. The maximum absolute atomic E-state index is 9.80. The van der Waals surface area contributed by atoms with Crippen molar-refractivity contribution in [3.05, 3.63) is 34.9 Å². The second-order valence-electron chi connectivity index (χ2n) is 3.21. The van der Waals surface area contributed by atoms with E-state index in [-0.39, 0.29) is 6.10 Å². The predicted molar refractivity (Wildman–Crippen MR) is 64.0 cm³/mol. The van der Waals surface area contributed by atoms with Gasteiger partial charge in [-0.2, -0.15) is 11.8 Å². The number of aliphatic hydroxyl groups is 1. The zero-order valence-corrected chi connectivity index (χ0v) is 9.81. The van der Waals surface area contributed by atoms with Crippen molar-refractivity contribution in [3.8, 4) is 0 Å². The first-order valence-electron chi connectivity index (χ1n) is 4.66. The van der Waals surface area contributed by atoms with Gasteiger partial charge in [0.25, 0.3) is 0 Å². The molecule has 1 unspecified atom stereocenters. The van der Waals surface area contributed by atoms with Crippen LogP contribution in [0.25, 0.3) is 0 Å². The summed E-state index contributed by atoms with van der Waals surface area (Å²) >= 11 is 7.64. The maximum atomic E-state index is 9.80. The largest absolute Gasteiger partial charge is 0.388 e. The lowest BCUT2D eigenvalue weighted by molar-refractivity contribution is 0.167. The molecule has 78 valence electrons. The number of hydrogen-bond donors (Lipinski definition) is 1. The van der Waals surface area contributed by atoms with Crippen LogP contribution in [0.1, 0.15) is 24.5 Å². The predicted octanol–water partition coefficient (Wildman–Crippen LogP) is 3.52. The molecule has 0 aromatic heterocycles. The second-order valence-corrected chi connectivity index (χ2v) is 4.63. The molecular formula is C11H15ClOS. The van der Waals surface area contributed by atoms with Gasteiger partial charge in [0.2, 0.25) is 0 Å². The second kappa shape index (κ2) is 6.33. The van der Waals surface area contributed by atoms with Crippen LogP contribution in [0, 0.1) is 0 Å². The van der Waals surface area contributed by atoms with E-state index in [0.717, 1.165) is 24.2 Å². The zero-order valence-electron chi connectivity index (χ0n) is 8.24. The molecule has 0 aliphatic heterocycles. The van der Waals surface area contributed by atoms with Gasteiger partial charge in [0.15, 0.2) is 0 Å². The third-order valence-corrected chi connectivity index (χ3v) is 2.99. The molecule has 1 N–H and O–H groups in total. The van der Waals surface area contributed by atoms with Crippen molar-refractivity contribution >= 4 is 23.4 Å². The zero-order chi connectivity index (χ0) is 10.4. The van der Waals surface area contributed by atoms with E-state index in [1.165, 1.54) is 0 Å². The minimum Gasteiger partial charge on any atom is -0.388 e. The van der Waals surface area contributed by atoms with E-state index in [4.69, 9.17) is 11.6 Å². The molecule has 1 aromatic carbocycles. The van der Waals surface area contributed by atoms with Crippen molar-refractivity contribution in [1.82, 2.24) is 0 Å². The summed E-state index contributed by atoms with van der Waals surface area (Å²) in [7, 11) is 0. The van der Waals surface area contributed by atoms with Crippen molar-refractivity contribution in [3.63, 3.8) is 0 Å². The molecule has 0 aliphatic rings. The molecule has 0 heterocycles. The third kappa shape index (κ3) is 3.91. The van der Waals surface area contributed by atoms with Gasteiger partial charge in [0, 0.05) is 5.02 Å². The third-order valence-electron chi connectivity index (χ3n) is 2.06. The lowest BCUT2D eigenvalue weighted by Gasteiger charge is -2.10. The highest BCUT2D eigenvalue weighted by molar-refractivity contribution is 7.98. The molecule has 14 heavy (non-hydrogen) atoms. The average Bonchev–Trinajstić information content (AvgIpc) is 2.18. The molecule has 0 saturated carbocycles. The summed E-state index contributed by atoms with van der Waals surface area (Å²) in [6.45, 7) is 0. The highest BCUT2D eigenvalue weighted by atomic mass is 35.5. The van der Waals surface area contributed by atoms with Crippen LogP contribution < -0.4 is 0 Å². The number of aliphatic hydroxyl groups excluding tert-OH is 1. The summed E-state index contributed by atoms with van der Waals surface area (Å²) in [6, 6.07) is 7.43. The molecule has 0 amide bonds. The van der Waals surface area contributed by atoms with E-state index in [0.29, 0.717) is 5.02 Å². The molecule has 3 heteroatoms. The first-order chi connectivity index (χ1) is 6.74. The molecule has 0 aliphatic carbocycles. The standard InChI is InChI=1S/C11H15ClOS/c1-14-7-3-6-11(13)9-4-2-5-10(12)8-9/h2,4-5,8,11,13H,3,6-7H2,1H3. The molecule has 0 spiro atoms. The van der Waals surface area contributed by atoms with E-state index in [9.17, 15) is 5.11 Å². The van der Waals surface area contributed by atoms with Gasteiger partial charge in [-0.1, -0.05) is 23.7 Å². The van der Waals surface area contributed by atoms with Crippen LogP contribution in [0.4, 0.5) is 0 Å². The fourth-order valence-corrected chi connectivity index (χ4v) is 1.96. The Morgan fingerprint density at radius 2 is 2.29 bits per heavy atom. The monoisotopic (exact) mass is 230 g/mol. The Hall–Kier alpha value is -0.180. The number of benzene rings is 1. The highest BCUT2D eigenvalue weighted by Crippen LogP contribution is 2.21. The topological polar surface area (TPSA) is 20.2 Å². The van der Waals surface area contributed by atoms with Crippen molar-refractivity contribution in [2.45, 2.75) is 18.9 Å². The van der Waals surface area contributed by atoms with Gasteiger partial charge < -0.3 is 5.11 Å². The van der Waals surface area contributed by atoms with Crippen LogP contribution in [0.3, 0.4) is 0 Å². The van der Waals surface area contributed by atoms with Crippen LogP contribution in [0.2, 0.25) is 5.02 Å². The summed E-state index contributed by atoms with van der Waals surface area (Å²) in [5.74, 6) is 1.09. The molecule has 1 nitrogen and oxygen atoms in total. The van der Waals surface area contributed by atoms with Crippen LogP contribution in [0.15, 0.2) is 24.3 Å². The Kier molecular flexibility index (Phi) is 5.38. The minimum atomic E-state index is -0.374. The molecule has 0 saturated heterocycles. The van der Waals surface area contributed by atoms with E-state index >= 15 is 0 Å². The Bertz CT molecular complexity index is 278. The van der Waals surface area contributed by atoms with Gasteiger partial charge in [-0.15, -0.1) is 0 Å². The molecule has 0 fully saturated rings. The smallest absolute Gasteiger partial charge is 0.0790 e. The Labute approximate surface area is 94.5 Å². The molecule has 0 radical (unpaired) electrons. The van der Waals surface area contributed by atoms with Crippen molar-refractivity contribution in [2.24, 2.45) is 0 Å². The summed E-state index contributed by atoms with van der Waals surface area (Å²) in [6.07, 6.45) is 3.54. The molecule has 1 rings (SSSR count). The van der Waals surface area contributed by atoms with E-state index in [2.05, 4.69) is 6.26 Å². The van der Waals surface area contributed by atoms with E-state index in [1.807, 2.05) is 24.3 Å². The normalized spacial score (nSPS) is 12.8. The summed E-state index contributed by atoms with van der Waals surface area (Å²) in [5, 5.41) is 10.5. The van der Waals surface area contributed by atoms with Crippen LogP contribution in [0.5, 0.6) is 0 Å². The number of halogens is 1. The first-order valence-corrected chi connectivity index (χ1v) is 6.43. The molecule has 1 atom stereocenters. The highest BCUT2D eigenvalue weighted by Gasteiger charge is 2.06. The fraction of sp³-hybridized carbons (Fsp3) is 0.455. The summed E-state index contributed by atoms with van der Waals surface area (Å²) in [5.41, 5.74) is 0.915. The summed E-state index contributed by atoms with van der Waals surface area (Å²) in [4.78, 5) is 0. The van der Waals surface area contributed by atoms with Crippen LogP contribution in [-0.2, 0) is 0 Å². The van der Waals surface area contributed by atoms with E-state index in [1.54, 1.807) is 11.8 Å². The number of rotatable bonds is 5. The van der Waals surface area contributed by atoms with Crippen LogP contribution in [-0.4, -0.2) is 17.1 Å². The lowest BCUT2D eigenvalue weighted by atomic mass is 10.1. The van der Waals surface area contributed by atoms with Gasteiger partial charge in [0.05, 0.1) is 6.10 Å². The van der Waals surface area contributed by atoms with Gasteiger partial charge in [-0.25, -0.2) is 0 Å². The van der Waals surface area contributed by atoms with Crippen molar-refractivity contribution in [2.75, 3.05) is 12.0 Å². The van der Waals surface area contributed by atoms with Gasteiger partial charge in [0.1, 0.15) is 0 Å². The minimum absolute atomic E-state index is 0.374. The maximum Gasteiger partial charge on any atom is 0.0790 e. The Morgan fingerprint density at radius 3 is 2.93 bits per heavy atom. The van der Waals surface area contributed by atoms with Crippen LogP contribution >= 0.6 is 23.4 Å². The SMILES string of the molecule is CSCCCC(O)c1cccc(Cl)c1. The quantitative estimate of drug-likeness (QED) is 0.782.